The van der Waals surface area contributed by atoms with Crippen LogP contribution in [0.15, 0.2) is 164 Å². The number of benzene rings is 7. The summed E-state index contributed by atoms with van der Waals surface area (Å²) >= 11 is 1.93. The highest BCUT2D eigenvalue weighted by atomic mass is 32.1. The van der Waals surface area contributed by atoms with Crippen LogP contribution in [0.25, 0.3) is 93.0 Å². The van der Waals surface area contributed by atoms with Gasteiger partial charge in [0.2, 0.25) is 0 Å². The van der Waals surface area contributed by atoms with Gasteiger partial charge in [0.15, 0.2) is 17.5 Å². The third-order valence-electron chi connectivity index (χ3n) is 10.4. The zero-order chi connectivity index (χ0) is 36.0. The van der Waals surface area contributed by atoms with E-state index in [1.165, 1.54) is 60.4 Å². The van der Waals surface area contributed by atoms with E-state index in [9.17, 15) is 0 Å². The minimum atomic E-state index is 0.649. The lowest BCUT2D eigenvalue weighted by Gasteiger charge is -2.11. The molecular formula is C49H36N4S. The Bertz CT molecular complexity index is 2900. The van der Waals surface area contributed by atoms with E-state index in [1.807, 2.05) is 72.0 Å². The normalized spacial score (nSPS) is 11.6. The second kappa shape index (κ2) is 13.5. The van der Waals surface area contributed by atoms with E-state index in [4.69, 9.17) is 15.0 Å². The molecule has 5 heteroatoms. The first kappa shape index (κ1) is 32.2. The molecule has 0 amide bonds. The molecule has 0 radical (unpaired) electrons. The average molecular weight is 713 g/mol. The summed E-state index contributed by atoms with van der Waals surface area (Å²) in [5, 5.41) is 5.31. The Kier molecular flexibility index (Phi) is 8.07. The Hall–Kier alpha value is -6.43. The van der Waals surface area contributed by atoms with Crippen LogP contribution < -0.4 is 0 Å². The fourth-order valence-electron chi connectivity index (χ4n) is 7.72. The molecule has 0 bridgehead atoms. The van der Waals surface area contributed by atoms with Crippen LogP contribution in [0.5, 0.6) is 0 Å². The highest BCUT2D eigenvalue weighted by molar-refractivity contribution is 7.26. The molecule has 0 N–H and O–H groups in total. The number of rotatable bonds is 8. The van der Waals surface area contributed by atoms with Gasteiger partial charge in [-0.3, -0.25) is 0 Å². The SMILES string of the molecule is CCCCc1ccc2c(c1)sc1c2ccc2c1c1ccccc1n2-c1ccc(-c2cccc(-c3nc(-c4ccccc4)nc(-c4ccccc4)n3)c2)cc1. The zero-order valence-electron chi connectivity index (χ0n) is 29.9. The monoisotopic (exact) mass is 712 g/mol. The first-order chi connectivity index (χ1) is 26.7. The summed E-state index contributed by atoms with van der Waals surface area (Å²) in [5.74, 6) is 1.96. The minimum Gasteiger partial charge on any atom is -0.309 e. The van der Waals surface area contributed by atoms with Crippen molar-refractivity contribution in [3.05, 3.63) is 169 Å². The van der Waals surface area contributed by atoms with Crippen LogP contribution in [0.1, 0.15) is 25.3 Å². The zero-order valence-corrected chi connectivity index (χ0v) is 30.7. The fourth-order valence-corrected chi connectivity index (χ4v) is 9.05. The van der Waals surface area contributed by atoms with Gasteiger partial charge in [-0.2, -0.15) is 0 Å². The molecule has 54 heavy (non-hydrogen) atoms. The highest BCUT2D eigenvalue weighted by Gasteiger charge is 2.18. The van der Waals surface area contributed by atoms with E-state index < -0.39 is 0 Å². The summed E-state index contributed by atoms with van der Waals surface area (Å²) in [4.78, 5) is 14.8. The number of unbranched alkanes of at least 4 members (excludes halogenated alkanes) is 1. The predicted molar refractivity (Wildman–Crippen MR) is 227 cm³/mol. The largest absolute Gasteiger partial charge is 0.309 e. The van der Waals surface area contributed by atoms with E-state index in [2.05, 4.69) is 115 Å². The molecule has 0 aliphatic carbocycles. The van der Waals surface area contributed by atoms with E-state index >= 15 is 0 Å². The average Bonchev–Trinajstić information content (AvgIpc) is 3.79. The van der Waals surface area contributed by atoms with Gasteiger partial charge < -0.3 is 4.57 Å². The highest BCUT2D eigenvalue weighted by Crippen LogP contribution is 2.43. The van der Waals surface area contributed by atoms with E-state index in [-0.39, 0.29) is 0 Å². The van der Waals surface area contributed by atoms with Gasteiger partial charge in [-0.15, -0.1) is 11.3 Å². The Morgan fingerprint density at radius 1 is 0.481 bits per heavy atom. The molecule has 0 aliphatic heterocycles. The summed E-state index contributed by atoms with van der Waals surface area (Å²) in [6, 6.07) is 58.2. The number of aromatic nitrogens is 4. The number of nitrogens with zero attached hydrogens (tertiary/aromatic N) is 4. The number of thiophene rings is 1. The van der Waals surface area contributed by atoms with Gasteiger partial charge in [0, 0.05) is 53.3 Å². The van der Waals surface area contributed by atoms with Crippen molar-refractivity contribution in [3.63, 3.8) is 0 Å². The Labute approximate surface area is 318 Å². The first-order valence-electron chi connectivity index (χ1n) is 18.7. The van der Waals surface area contributed by atoms with Crippen molar-refractivity contribution in [2.45, 2.75) is 26.2 Å². The number of hydrogen-bond acceptors (Lipinski definition) is 4. The molecular weight excluding hydrogens is 677 g/mol. The van der Waals surface area contributed by atoms with E-state index in [0.717, 1.165) is 39.9 Å². The van der Waals surface area contributed by atoms with E-state index in [0.29, 0.717) is 17.5 Å². The molecule has 258 valence electrons. The standard InChI is InChI=1S/C49H36N4S/c1-2-3-13-32-22-27-39-40-28-29-43-45(46(40)54-44(39)30-32)41-20-10-11-21-42(41)53(43)38-25-23-33(24-26-38)36-18-12-19-37(31-36)49-51-47(34-14-6-4-7-15-34)50-48(52-49)35-16-8-5-9-17-35/h4-12,14-31H,2-3,13H2,1H3. The van der Waals surface area contributed by atoms with Gasteiger partial charge in [-0.05, 0) is 65.9 Å². The molecule has 0 atom stereocenters. The van der Waals surface area contributed by atoms with E-state index in [1.54, 1.807) is 0 Å². The van der Waals surface area contributed by atoms with Crippen molar-refractivity contribution >= 4 is 53.3 Å². The van der Waals surface area contributed by atoms with Gasteiger partial charge in [0.25, 0.3) is 0 Å². The Morgan fingerprint density at radius 3 is 1.83 bits per heavy atom. The van der Waals surface area contributed by atoms with Crippen LogP contribution >= 0.6 is 11.3 Å². The third kappa shape index (κ3) is 5.65. The smallest absolute Gasteiger partial charge is 0.164 e. The molecule has 0 unspecified atom stereocenters. The first-order valence-corrected chi connectivity index (χ1v) is 19.5. The predicted octanol–water partition coefficient (Wildman–Crippen LogP) is 13.3. The molecule has 3 heterocycles. The quantitative estimate of drug-likeness (QED) is 0.158. The maximum atomic E-state index is 4.97. The fraction of sp³-hybridized carbons (Fsp3) is 0.0816. The maximum absolute atomic E-state index is 4.97. The van der Waals surface area contributed by atoms with Gasteiger partial charge >= 0.3 is 0 Å². The topological polar surface area (TPSA) is 43.6 Å². The molecule has 0 spiro atoms. The lowest BCUT2D eigenvalue weighted by atomic mass is 10.0. The van der Waals surface area contributed by atoms with Crippen LogP contribution in [0.3, 0.4) is 0 Å². The second-order valence-corrected chi connectivity index (χ2v) is 14.9. The summed E-state index contributed by atoms with van der Waals surface area (Å²) < 4.78 is 5.16. The summed E-state index contributed by atoms with van der Waals surface area (Å²) in [5.41, 5.74) is 10.1. The van der Waals surface area contributed by atoms with Gasteiger partial charge in [-0.1, -0.05) is 141 Å². The van der Waals surface area contributed by atoms with Crippen molar-refractivity contribution < 1.29 is 0 Å². The molecule has 0 saturated heterocycles. The number of fused-ring (bicyclic) bond motifs is 7. The van der Waals surface area contributed by atoms with Crippen LogP contribution in [0.4, 0.5) is 0 Å². The van der Waals surface area contributed by atoms with Crippen LogP contribution in [0, 0.1) is 0 Å². The molecule has 7 aromatic carbocycles. The third-order valence-corrected chi connectivity index (χ3v) is 11.6. The molecule has 0 aliphatic rings. The molecule has 0 saturated carbocycles. The maximum Gasteiger partial charge on any atom is 0.164 e. The number of aryl methyl sites for hydroxylation is 1. The molecule has 10 rings (SSSR count). The lowest BCUT2D eigenvalue weighted by Crippen LogP contribution is -2.00. The van der Waals surface area contributed by atoms with Gasteiger partial charge in [0.05, 0.1) is 11.0 Å². The minimum absolute atomic E-state index is 0.649. The Morgan fingerprint density at radius 2 is 1.11 bits per heavy atom. The van der Waals surface area contributed by atoms with Crippen LogP contribution in [0.2, 0.25) is 0 Å². The number of para-hydroxylation sites is 1. The molecule has 10 aromatic rings. The summed E-state index contributed by atoms with van der Waals surface area (Å²) in [6.07, 6.45) is 3.57. The van der Waals surface area contributed by atoms with Crippen molar-refractivity contribution in [2.75, 3.05) is 0 Å². The van der Waals surface area contributed by atoms with Crippen molar-refractivity contribution in [1.82, 2.24) is 19.5 Å². The van der Waals surface area contributed by atoms with Crippen LogP contribution in [-0.2, 0) is 6.42 Å². The van der Waals surface area contributed by atoms with Crippen LogP contribution in [-0.4, -0.2) is 19.5 Å². The summed E-state index contributed by atoms with van der Waals surface area (Å²) in [7, 11) is 0. The van der Waals surface area contributed by atoms with Gasteiger partial charge in [0.1, 0.15) is 0 Å². The van der Waals surface area contributed by atoms with Crippen molar-refractivity contribution in [2.24, 2.45) is 0 Å². The number of hydrogen-bond donors (Lipinski definition) is 0. The molecule has 4 nitrogen and oxygen atoms in total. The summed E-state index contributed by atoms with van der Waals surface area (Å²) in [6.45, 7) is 2.26. The van der Waals surface area contributed by atoms with Crippen molar-refractivity contribution in [1.29, 1.82) is 0 Å². The van der Waals surface area contributed by atoms with Gasteiger partial charge in [-0.25, -0.2) is 15.0 Å². The lowest BCUT2D eigenvalue weighted by molar-refractivity contribution is 0.796. The molecule has 0 fully saturated rings. The molecule has 3 aromatic heterocycles. The Balaban J connectivity index is 1.05. The van der Waals surface area contributed by atoms with Crippen molar-refractivity contribution in [3.8, 4) is 51.0 Å². The second-order valence-electron chi connectivity index (χ2n) is 13.9.